The maximum Gasteiger partial charge on any atom is 0.228 e. The Hall–Kier alpha value is -3.79. The lowest BCUT2D eigenvalue weighted by molar-refractivity contribution is -0.131. The van der Waals surface area contributed by atoms with Gasteiger partial charge < -0.3 is 14.2 Å². The van der Waals surface area contributed by atoms with Gasteiger partial charge in [0.25, 0.3) is 0 Å². The molecule has 0 unspecified atom stereocenters. The normalized spacial score (nSPS) is 14.1. The minimum Gasteiger partial charge on any atom is -0.379 e. The van der Waals surface area contributed by atoms with E-state index in [2.05, 4.69) is 9.88 Å². The van der Waals surface area contributed by atoms with Gasteiger partial charge in [-0.2, -0.15) is 0 Å². The van der Waals surface area contributed by atoms with Crippen molar-refractivity contribution in [1.29, 1.82) is 0 Å². The number of sulfone groups is 1. The van der Waals surface area contributed by atoms with Crippen LogP contribution in [0.2, 0.25) is 0 Å². The summed E-state index contributed by atoms with van der Waals surface area (Å²) in [6, 6.07) is 27.0. The van der Waals surface area contributed by atoms with Gasteiger partial charge in [0.15, 0.2) is 0 Å². The smallest absolute Gasteiger partial charge is 0.228 e. The van der Waals surface area contributed by atoms with Gasteiger partial charge in [0, 0.05) is 26.2 Å². The highest BCUT2D eigenvalue weighted by Crippen LogP contribution is 2.21. The lowest BCUT2D eigenvalue weighted by Gasteiger charge is -2.30. The molecule has 0 N–H and O–H groups in total. The summed E-state index contributed by atoms with van der Waals surface area (Å²) in [4.78, 5) is 22.2. The lowest BCUT2D eigenvalue weighted by atomic mass is 10.1. The third-order valence-electron chi connectivity index (χ3n) is 7.53. The van der Waals surface area contributed by atoms with Gasteiger partial charge in [-0.3, -0.25) is 9.69 Å². The predicted molar refractivity (Wildman–Crippen MR) is 163 cm³/mol. The monoisotopic (exact) mass is 586 g/mol. The summed E-state index contributed by atoms with van der Waals surface area (Å²) < 4.78 is 34.7. The maximum absolute atomic E-state index is 13.7. The average molecular weight is 587 g/mol. The second-order valence-electron chi connectivity index (χ2n) is 10.8. The lowest BCUT2D eigenvalue weighted by Crippen LogP contribution is -2.43. The molecule has 3 aromatic carbocycles. The van der Waals surface area contributed by atoms with Crippen molar-refractivity contribution in [2.45, 2.75) is 37.3 Å². The van der Waals surface area contributed by atoms with E-state index in [1.54, 1.807) is 10.8 Å². The third kappa shape index (κ3) is 7.94. The second-order valence-corrected chi connectivity index (χ2v) is 12.7. The number of benzene rings is 3. The van der Waals surface area contributed by atoms with Gasteiger partial charge in [-0.1, -0.05) is 90.5 Å². The van der Waals surface area contributed by atoms with Crippen LogP contribution < -0.4 is 0 Å². The second kappa shape index (κ2) is 13.9. The van der Waals surface area contributed by atoms with E-state index in [1.807, 2.05) is 96.8 Å². The molecular weight excluding hydrogens is 548 g/mol. The first-order valence-corrected chi connectivity index (χ1v) is 16.0. The van der Waals surface area contributed by atoms with Gasteiger partial charge in [-0.05, 0) is 23.6 Å². The van der Waals surface area contributed by atoms with E-state index in [0.29, 0.717) is 37.6 Å². The van der Waals surface area contributed by atoms with Gasteiger partial charge in [0.05, 0.1) is 50.4 Å². The first kappa shape index (κ1) is 29.7. The Morgan fingerprint density at radius 1 is 0.881 bits per heavy atom. The van der Waals surface area contributed by atoms with Crippen molar-refractivity contribution in [2.24, 2.45) is 0 Å². The van der Waals surface area contributed by atoms with Gasteiger partial charge >= 0.3 is 0 Å². The van der Waals surface area contributed by atoms with E-state index < -0.39 is 9.84 Å². The van der Waals surface area contributed by atoms with Crippen LogP contribution in [0.5, 0.6) is 0 Å². The molecule has 1 aliphatic rings. The Morgan fingerprint density at radius 3 is 2.19 bits per heavy atom. The number of amides is 1. The van der Waals surface area contributed by atoms with Crippen LogP contribution in [0.25, 0.3) is 0 Å². The average Bonchev–Trinajstić information content (AvgIpc) is 3.40. The highest BCUT2D eigenvalue weighted by atomic mass is 32.2. The van der Waals surface area contributed by atoms with Crippen LogP contribution in [0.15, 0.2) is 96.3 Å². The molecule has 42 heavy (non-hydrogen) atoms. The van der Waals surface area contributed by atoms with Crippen molar-refractivity contribution >= 4 is 15.7 Å². The van der Waals surface area contributed by atoms with Crippen molar-refractivity contribution in [2.75, 3.05) is 39.4 Å². The van der Waals surface area contributed by atoms with Crippen molar-refractivity contribution in [1.82, 2.24) is 19.4 Å². The summed E-state index contributed by atoms with van der Waals surface area (Å²) in [6.45, 7) is 6.83. The molecule has 1 aliphatic heterocycles. The van der Waals surface area contributed by atoms with Crippen LogP contribution in [-0.2, 0) is 44.6 Å². The van der Waals surface area contributed by atoms with Gasteiger partial charge in [0.1, 0.15) is 0 Å². The number of imidazole rings is 1. The van der Waals surface area contributed by atoms with Crippen molar-refractivity contribution in [3.63, 3.8) is 0 Å². The van der Waals surface area contributed by atoms with E-state index in [1.165, 1.54) is 0 Å². The number of ether oxygens (including phenoxy) is 1. The third-order valence-corrected chi connectivity index (χ3v) is 9.13. The van der Waals surface area contributed by atoms with E-state index in [4.69, 9.17) is 4.74 Å². The van der Waals surface area contributed by atoms with Crippen molar-refractivity contribution in [3.8, 4) is 0 Å². The first-order chi connectivity index (χ1) is 20.4. The largest absolute Gasteiger partial charge is 0.379 e. The van der Waals surface area contributed by atoms with Gasteiger partial charge in [0.2, 0.25) is 20.9 Å². The number of carbonyl (C=O) groups excluding carboxylic acids is 1. The number of aromatic nitrogens is 2. The minimum atomic E-state index is -3.76. The van der Waals surface area contributed by atoms with Crippen LogP contribution in [0, 0.1) is 6.92 Å². The molecule has 0 bridgehead atoms. The number of aryl methyl sites for hydroxylation is 1. The highest BCUT2D eigenvalue weighted by Gasteiger charge is 2.26. The number of carbonyl (C=O) groups is 1. The van der Waals surface area contributed by atoms with Crippen LogP contribution >= 0.6 is 0 Å². The molecule has 0 atom stereocenters. The quantitative estimate of drug-likeness (QED) is 0.248. The summed E-state index contributed by atoms with van der Waals surface area (Å²) in [6.07, 6.45) is 1.89. The Kier molecular flexibility index (Phi) is 9.84. The molecular formula is C33H38N4O4S. The standard InChI is InChI=1S/C33H38N4O4S/c1-27-12-14-30(15-13-27)26-42(39,40)33-34-23-31(37(33)24-29-10-6-3-7-11-29)25-36(17-16-35-18-20-41-21-19-35)32(38)22-28-8-4-2-5-9-28/h2-15,23H,16-22,24-26H2,1H3. The molecule has 0 saturated carbocycles. The number of rotatable bonds is 12. The Labute approximate surface area is 248 Å². The van der Waals surface area contributed by atoms with Crippen LogP contribution in [0.3, 0.4) is 0 Å². The molecule has 1 amide bonds. The van der Waals surface area contributed by atoms with E-state index >= 15 is 0 Å². The van der Waals surface area contributed by atoms with E-state index in [9.17, 15) is 13.2 Å². The zero-order chi connectivity index (χ0) is 29.4. The Bertz CT molecular complexity index is 1550. The SMILES string of the molecule is Cc1ccc(CS(=O)(=O)c2ncc(CN(CCN3CCOCC3)C(=O)Cc3ccccc3)n2Cc2ccccc2)cc1. The number of hydrogen-bond donors (Lipinski definition) is 0. The molecule has 220 valence electrons. The molecule has 4 aromatic rings. The van der Waals surface area contributed by atoms with Crippen LogP contribution in [0.1, 0.15) is 27.9 Å². The van der Waals surface area contributed by atoms with Crippen molar-refractivity contribution in [3.05, 3.63) is 119 Å². The summed E-state index contributed by atoms with van der Waals surface area (Å²) in [5, 5.41) is 0.0190. The molecule has 9 heteroatoms. The predicted octanol–water partition coefficient (Wildman–Crippen LogP) is 4.12. The van der Waals surface area contributed by atoms with E-state index in [0.717, 1.165) is 36.3 Å². The molecule has 0 radical (unpaired) electrons. The molecule has 1 aromatic heterocycles. The molecule has 1 fully saturated rings. The molecule has 8 nitrogen and oxygen atoms in total. The topological polar surface area (TPSA) is 84.7 Å². The minimum absolute atomic E-state index is 0.00835. The summed E-state index contributed by atoms with van der Waals surface area (Å²) >= 11 is 0. The molecule has 0 aliphatic carbocycles. The van der Waals surface area contributed by atoms with Gasteiger partial charge in [-0.15, -0.1) is 0 Å². The Balaban J connectivity index is 1.44. The maximum atomic E-state index is 13.7. The van der Waals surface area contributed by atoms with Gasteiger partial charge in [-0.25, -0.2) is 13.4 Å². The fourth-order valence-electron chi connectivity index (χ4n) is 5.13. The summed E-state index contributed by atoms with van der Waals surface area (Å²) in [5.41, 5.74) is 4.37. The molecule has 1 saturated heterocycles. The summed E-state index contributed by atoms with van der Waals surface area (Å²) in [5.74, 6) is -0.155. The van der Waals surface area contributed by atoms with Crippen LogP contribution in [0.4, 0.5) is 0 Å². The highest BCUT2D eigenvalue weighted by molar-refractivity contribution is 7.90. The molecule has 0 spiro atoms. The molecule has 2 heterocycles. The fraction of sp³-hybridized carbons (Fsp3) is 0.333. The zero-order valence-corrected chi connectivity index (χ0v) is 24.9. The van der Waals surface area contributed by atoms with E-state index in [-0.39, 0.29) is 29.8 Å². The Morgan fingerprint density at radius 2 is 1.52 bits per heavy atom. The fourth-order valence-corrected chi connectivity index (χ4v) is 6.62. The summed E-state index contributed by atoms with van der Waals surface area (Å²) in [7, 11) is -3.76. The van der Waals surface area contributed by atoms with Crippen LogP contribution in [-0.4, -0.2) is 73.1 Å². The first-order valence-electron chi connectivity index (χ1n) is 14.4. The number of hydrogen-bond acceptors (Lipinski definition) is 6. The zero-order valence-electron chi connectivity index (χ0n) is 24.1. The number of morpholine rings is 1. The van der Waals surface area contributed by atoms with Crippen molar-refractivity contribution < 1.29 is 17.9 Å². The number of nitrogens with zero attached hydrogens (tertiary/aromatic N) is 4. The molecule has 5 rings (SSSR count).